The summed E-state index contributed by atoms with van der Waals surface area (Å²) in [6.07, 6.45) is 2.14. The third-order valence-electron chi connectivity index (χ3n) is 1.32. The van der Waals surface area contributed by atoms with Gasteiger partial charge in [0, 0.05) is 6.61 Å². The molecule has 1 N–H and O–H groups in total. The molecule has 7 heavy (non-hydrogen) atoms. The minimum atomic E-state index is 0.342. The van der Waals surface area contributed by atoms with Crippen molar-refractivity contribution in [2.75, 3.05) is 6.61 Å². The van der Waals surface area contributed by atoms with Crippen molar-refractivity contribution < 1.29 is 5.11 Å². The highest BCUT2D eigenvalue weighted by atomic mass is 16.2. The molecule has 0 saturated heterocycles. The highest BCUT2D eigenvalue weighted by Gasteiger charge is 1.93. The van der Waals surface area contributed by atoms with Gasteiger partial charge in [0.1, 0.15) is 7.85 Å². The van der Waals surface area contributed by atoms with Crippen molar-refractivity contribution in [3.8, 4) is 0 Å². The monoisotopic (exact) mass is 100 g/mol. The predicted octanol–water partition coefficient (Wildman–Crippen LogP) is 0.0563. The second-order valence-electron chi connectivity index (χ2n) is 2.03. The van der Waals surface area contributed by atoms with Crippen LogP contribution in [0.4, 0.5) is 0 Å². The Hall–Kier alpha value is 0.0249. The molecule has 1 unspecified atom stereocenters. The average Bonchev–Trinajstić information content (AvgIpc) is 1.68. The van der Waals surface area contributed by atoms with Crippen LogP contribution >= 0.6 is 0 Å². The molecule has 0 aliphatic rings. The Kier molecular flexibility index (Phi) is 4.21. The molecule has 0 aliphatic carbocycles. The summed E-state index contributed by atoms with van der Waals surface area (Å²) in [5.41, 5.74) is 0. The Bertz CT molecular complexity index is 39.1. The first-order chi connectivity index (χ1) is 3.31. The van der Waals surface area contributed by atoms with E-state index in [1.165, 1.54) is 6.32 Å². The zero-order chi connectivity index (χ0) is 5.70. The summed E-state index contributed by atoms with van der Waals surface area (Å²) >= 11 is 0. The molecule has 2 heteroatoms. The molecule has 42 valence electrons. The SMILES string of the molecule is BCC(C)CCO. The van der Waals surface area contributed by atoms with Gasteiger partial charge in [-0.1, -0.05) is 13.2 Å². The quantitative estimate of drug-likeness (QED) is 0.497. The van der Waals surface area contributed by atoms with E-state index in [0.717, 1.165) is 6.42 Å². The zero-order valence-corrected chi connectivity index (χ0v) is 5.15. The van der Waals surface area contributed by atoms with Gasteiger partial charge in [-0.3, -0.25) is 0 Å². The highest BCUT2D eigenvalue weighted by molar-refractivity contribution is 6.08. The first kappa shape index (κ1) is 7.02. The van der Waals surface area contributed by atoms with Gasteiger partial charge in [0.15, 0.2) is 0 Å². The Morgan fingerprint density at radius 2 is 2.29 bits per heavy atom. The summed E-state index contributed by atoms with van der Waals surface area (Å²) in [7, 11) is 2.14. The lowest BCUT2D eigenvalue weighted by atomic mass is 9.91. The number of rotatable bonds is 3. The number of aliphatic hydroxyl groups excluding tert-OH is 1. The molecule has 0 spiro atoms. The fourth-order valence-electron chi connectivity index (χ4n) is 0.425. The Balaban J connectivity index is 2.83. The van der Waals surface area contributed by atoms with Crippen molar-refractivity contribution in [3.63, 3.8) is 0 Å². The molecule has 0 aromatic carbocycles. The van der Waals surface area contributed by atoms with Gasteiger partial charge in [0.2, 0.25) is 0 Å². The largest absolute Gasteiger partial charge is 0.396 e. The van der Waals surface area contributed by atoms with E-state index in [1.54, 1.807) is 0 Å². The van der Waals surface area contributed by atoms with Gasteiger partial charge in [-0.05, 0) is 12.3 Å². The number of hydrogen-bond acceptors (Lipinski definition) is 1. The Morgan fingerprint density at radius 3 is 2.43 bits per heavy atom. The van der Waals surface area contributed by atoms with Crippen LogP contribution in [-0.4, -0.2) is 19.6 Å². The van der Waals surface area contributed by atoms with Crippen LogP contribution in [-0.2, 0) is 0 Å². The molecule has 0 aromatic rings. The summed E-state index contributed by atoms with van der Waals surface area (Å²) in [6.45, 7) is 2.49. The standard InChI is InChI=1S/C5H13BO/c1-5(4-6)2-3-7/h5,7H,2-4,6H2,1H3. The molecule has 0 rings (SSSR count). The Labute approximate surface area is 46.1 Å². The van der Waals surface area contributed by atoms with E-state index in [-0.39, 0.29) is 0 Å². The normalized spacial score (nSPS) is 14.0. The van der Waals surface area contributed by atoms with Crippen molar-refractivity contribution in [1.82, 2.24) is 0 Å². The van der Waals surface area contributed by atoms with Crippen molar-refractivity contribution in [3.05, 3.63) is 0 Å². The molecule has 0 aromatic heterocycles. The van der Waals surface area contributed by atoms with E-state index in [1.807, 2.05) is 0 Å². The van der Waals surface area contributed by atoms with Crippen LogP contribution in [0.3, 0.4) is 0 Å². The number of hydrogen-bond donors (Lipinski definition) is 1. The first-order valence-electron chi connectivity index (χ1n) is 2.92. The van der Waals surface area contributed by atoms with Crippen molar-refractivity contribution in [2.45, 2.75) is 19.7 Å². The maximum Gasteiger partial charge on any atom is 0.101 e. The molecule has 1 atom stereocenters. The van der Waals surface area contributed by atoms with Crippen LogP contribution in [0, 0.1) is 5.92 Å². The molecule has 0 amide bonds. The van der Waals surface area contributed by atoms with Crippen molar-refractivity contribution in [1.29, 1.82) is 0 Å². The average molecular weight is 100.0 g/mol. The summed E-state index contributed by atoms with van der Waals surface area (Å²) in [5.74, 6) is 0.699. The smallest absolute Gasteiger partial charge is 0.101 e. The Morgan fingerprint density at radius 1 is 1.71 bits per heavy atom. The summed E-state index contributed by atoms with van der Waals surface area (Å²) in [4.78, 5) is 0. The van der Waals surface area contributed by atoms with E-state index in [9.17, 15) is 0 Å². The summed E-state index contributed by atoms with van der Waals surface area (Å²) in [5, 5.41) is 8.37. The van der Waals surface area contributed by atoms with Gasteiger partial charge < -0.3 is 5.11 Å². The van der Waals surface area contributed by atoms with E-state index in [0.29, 0.717) is 12.5 Å². The van der Waals surface area contributed by atoms with Crippen LogP contribution in [0.5, 0.6) is 0 Å². The summed E-state index contributed by atoms with van der Waals surface area (Å²) in [6, 6.07) is 0. The topological polar surface area (TPSA) is 20.2 Å². The van der Waals surface area contributed by atoms with E-state index in [4.69, 9.17) is 5.11 Å². The molecule has 1 nitrogen and oxygen atoms in total. The lowest BCUT2D eigenvalue weighted by Gasteiger charge is -2.02. The molecule has 0 fully saturated rings. The van der Waals surface area contributed by atoms with Gasteiger partial charge in [-0.2, -0.15) is 0 Å². The first-order valence-corrected chi connectivity index (χ1v) is 2.92. The lowest BCUT2D eigenvalue weighted by molar-refractivity contribution is 0.268. The fourth-order valence-corrected chi connectivity index (χ4v) is 0.425. The van der Waals surface area contributed by atoms with Crippen LogP contribution < -0.4 is 0 Å². The third-order valence-corrected chi connectivity index (χ3v) is 1.32. The molecule has 0 radical (unpaired) electrons. The van der Waals surface area contributed by atoms with Gasteiger partial charge in [-0.25, -0.2) is 0 Å². The second kappa shape index (κ2) is 4.19. The second-order valence-corrected chi connectivity index (χ2v) is 2.03. The van der Waals surface area contributed by atoms with Gasteiger partial charge >= 0.3 is 0 Å². The van der Waals surface area contributed by atoms with E-state index >= 15 is 0 Å². The van der Waals surface area contributed by atoms with Gasteiger partial charge in [-0.15, -0.1) is 0 Å². The molecular formula is C5H13BO. The van der Waals surface area contributed by atoms with Gasteiger partial charge in [0.25, 0.3) is 0 Å². The molecule has 0 bridgehead atoms. The predicted molar refractivity (Wildman–Crippen MR) is 34.2 cm³/mol. The maximum absolute atomic E-state index is 8.37. The molecular weight excluding hydrogens is 86.9 g/mol. The van der Waals surface area contributed by atoms with Crippen molar-refractivity contribution >= 4 is 7.85 Å². The van der Waals surface area contributed by atoms with Crippen LogP contribution in [0.1, 0.15) is 13.3 Å². The minimum Gasteiger partial charge on any atom is -0.396 e. The van der Waals surface area contributed by atoms with E-state index < -0.39 is 0 Å². The van der Waals surface area contributed by atoms with Crippen LogP contribution in [0.15, 0.2) is 0 Å². The number of aliphatic hydroxyl groups is 1. The van der Waals surface area contributed by atoms with Crippen molar-refractivity contribution in [2.24, 2.45) is 5.92 Å². The lowest BCUT2D eigenvalue weighted by Crippen LogP contribution is -1.95. The maximum atomic E-state index is 8.37. The van der Waals surface area contributed by atoms with E-state index in [2.05, 4.69) is 14.8 Å². The molecule has 0 aliphatic heterocycles. The zero-order valence-electron chi connectivity index (χ0n) is 5.15. The third kappa shape index (κ3) is 3.87. The highest BCUT2D eigenvalue weighted by Crippen LogP contribution is 2.02. The van der Waals surface area contributed by atoms with Crippen LogP contribution in [0.25, 0.3) is 0 Å². The van der Waals surface area contributed by atoms with Crippen LogP contribution in [0.2, 0.25) is 6.32 Å². The minimum absolute atomic E-state index is 0.342. The molecule has 0 saturated carbocycles. The molecule has 0 heterocycles. The fraction of sp³-hybridized carbons (Fsp3) is 1.00. The van der Waals surface area contributed by atoms with Gasteiger partial charge in [0.05, 0.1) is 0 Å². The summed E-state index contributed by atoms with van der Waals surface area (Å²) < 4.78 is 0.